The van der Waals surface area contributed by atoms with Crippen molar-refractivity contribution in [2.45, 2.75) is 13.8 Å². The average Bonchev–Trinajstić information content (AvgIpc) is 2.26. The van der Waals surface area contributed by atoms with Gasteiger partial charge in [-0.3, -0.25) is 0 Å². The normalized spacial score (nSPS) is 9.19. The van der Waals surface area contributed by atoms with E-state index in [1.807, 2.05) is 18.2 Å². The van der Waals surface area contributed by atoms with Crippen LogP contribution in [0.5, 0.6) is 5.75 Å². The predicted molar refractivity (Wildman–Crippen MR) is 64.0 cm³/mol. The van der Waals surface area contributed by atoms with Crippen molar-refractivity contribution in [3.8, 4) is 5.75 Å². The maximum absolute atomic E-state index is 12.2. The Balaban J connectivity index is 0.000000165. The van der Waals surface area contributed by atoms with Crippen molar-refractivity contribution < 1.29 is 9.50 Å². The van der Waals surface area contributed by atoms with Gasteiger partial charge < -0.3 is 5.11 Å². The summed E-state index contributed by atoms with van der Waals surface area (Å²) in [6.45, 7) is 3.73. The van der Waals surface area contributed by atoms with E-state index in [0.717, 1.165) is 0 Å². The van der Waals surface area contributed by atoms with Crippen molar-refractivity contribution in [1.29, 1.82) is 0 Å². The summed E-state index contributed by atoms with van der Waals surface area (Å²) >= 11 is 0. The maximum Gasteiger partial charge on any atom is 0.123 e. The number of phenolic OH excluding ortho intramolecular Hbond substituents is 1. The second kappa shape index (κ2) is 5.91. The summed E-state index contributed by atoms with van der Waals surface area (Å²) < 4.78 is 12.2. The molecule has 0 amide bonds. The van der Waals surface area contributed by atoms with Crippen molar-refractivity contribution in [2.24, 2.45) is 0 Å². The fraction of sp³-hybridized carbons (Fsp3) is 0.143. The van der Waals surface area contributed by atoms with Crippen LogP contribution in [0.3, 0.4) is 0 Å². The molecule has 0 saturated carbocycles. The van der Waals surface area contributed by atoms with E-state index >= 15 is 0 Å². The van der Waals surface area contributed by atoms with Gasteiger partial charge >= 0.3 is 0 Å². The monoisotopic (exact) mass is 218 g/mol. The number of phenols is 1. The van der Waals surface area contributed by atoms with Crippen molar-refractivity contribution in [1.82, 2.24) is 0 Å². The highest BCUT2D eigenvalue weighted by Gasteiger charge is 1.94. The van der Waals surface area contributed by atoms with Crippen LogP contribution >= 0.6 is 0 Å². The molecule has 1 nitrogen and oxygen atoms in total. The van der Waals surface area contributed by atoms with Crippen molar-refractivity contribution in [2.75, 3.05) is 0 Å². The molecule has 0 radical (unpaired) electrons. The van der Waals surface area contributed by atoms with Crippen LogP contribution in [-0.2, 0) is 0 Å². The van der Waals surface area contributed by atoms with E-state index in [1.165, 1.54) is 23.8 Å². The van der Waals surface area contributed by atoms with Crippen LogP contribution in [-0.4, -0.2) is 5.11 Å². The molecule has 2 rings (SSSR count). The Hall–Kier alpha value is -1.83. The topological polar surface area (TPSA) is 20.2 Å². The molecular weight excluding hydrogens is 203 g/mol. The zero-order chi connectivity index (χ0) is 12.0. The molecule has 2 aromatic carbocycles. The molecule has 0 fully saturated rings. The summed E-state index contributed by atoms with van der Waals surface area (Å²) in [6, 6.07) is 14.1. The molecule has 84 valence electrons. The van der Waals surface area contributed by atoms with Crippen LogP contribution < -0.4 is 0 Å². The Morgan fingerprint density at radius 1 is 0.938 bits per heavy atom. The van der Waals surface area contributed by atoms with Gasteiger partial charge in [0.2, 0.25) is 0 Å². The molecule has 0 aliphatic rings. The third-order valence-corrected chi connectivity index (χ3v) is 2.10. The molecule has 0 aliphatic heterocycles. The highest BCUT2D eigenvalue weighted by molar-refractivity contribution is 5.30. The van der Waals surface area contributed by atoms with Crippen LogP contribution in [0.1, 0.15) is 11.1 Å². The molecule has 0 bridgehead atoms. The number of rotatable bonds is 0. The largest absolute Gasteiger partial charge is 0.508 e. The van der Waals surface area contributed by atoms with Gasteiger partial charge in [-0.1, -0.05) is 35.9 Å². The summed E-state index contributed by atoms with van der Waals surface area (Å²) in [6.07, 6.45) is 0. The number of hydrogen-bond donors (Lipinski definition) is 1. The fourth-order valence-corrected chi connectivity index (χ4v) is 1.15. The quantitative estimate of drug-likeness (QED) is 0.712. The lowest BCUT2D eigenvalue weighted by Crippen LogP contribution is -1.76. The smallest absolute Gasteiger partial charge is 0.123 e. The maximum atomic E-state index is 12.2. The van der Waals surface area contributed by atoms with Crippen LogP contribution in [0.15, 0.2) is 48.5 Å². The molecule has 0 unspecified atom stereocenters. The summed E-state index contributed by atoms with van der Waals surface area (Å²) in [4.78, 5) is 0. The molecule has 0 aliphatic carbocycles. The second-order valence-electron chi connectivity index (χ2n) is 3.59. The minimum atomic E-state index is -0.315. The number of halogens is 1. The average molecular weight is 218 g/mol. The molecular formula is C14H15FO. The van der Waals surface area contributed by atoms with Gasteiger partial charge in [-0.25, -0.2) is 4.39 Å². The zero-order valence-electron chi connectivity index (χ0n) is 9.44. The van der Waals surface area contributed by atoms with E-state index < -0.39 is 0 Å². The van der Waals surface area contributed by atoms with Crippen LogP contribution in [0.2, 0.25) is 0 Å². The Kier molecular flexibility index (Phi) is 4.52. The Morgan fingerprint density at radius 3 is 1.94 bits per heavy atom. The first-order valence-electron chi connectivity index (χ1n) is 5.06. The molecule has 1 N–H and O–H groups in total. The van der Waals surface area contributed by atoms with Crippen LogP contribution in [0, 0.1) is 19.7 Å². The van der Waals surface area contributed by atoms with E-state index in [1.54, 1.807) is 6.92 Å². The van der Waals surface area contributed by atoms with Gasteiger partial charge in [0.15, 0.2) is 0 Å². The highest BCUT2D eigenvalue weighted by Crippen LogP contribution is 2.15. The Bertz CT molecular complexity index is 438. The Morgan fingerprint density at radius 2 is 1.56 bits per heavy atom. The summed E-state index contributed by atoms with van der Waals surface area (Å²) in [5.41, 5.74) is 1.89. The standard InChI is InChI=1S/C7H7FO.C7H8/c1-5-4-6(8)2-3-7(5)9;1-7-5-3-2-4-6-7/h2-4,9H,1H3;2-6H,1H3. The number of aryl methyl sites for hydroxylation is 2. The molecule has 2 heteroatoms. The van der Waals surface area contributed by atoms with Gasteiger partial charge in [-0.05, 0) is 37.6 Å². The molecule has 0 heterocycles. The van der Waals surface area contributed by atoms with E-state index in [0.29, 0.717) is 5.56 Å². The van der Waals surface area contributed by atoms with Crippen molar-refractivity contribution >= 4 is 0 Å². The summed E-state index contributed by atoms with van der Waals surface area (Å²) in [5, 5.41) is 8.88. The van der Waals surface area contributed by atoms with E-state index in [-0.39, 0.29) is 11.6 Å². The van der Waals surface area contributed by atoms with Crippen molar-refractivity contribution in [3.63, 3.8) is 0 Å². The lowest BCUT2D eigenvalue weighted by atomic mass is 10.2. The minimum absolute atomic E-state index is 0.136. The lowest BCUT2D eigenvalue weighted by Gasteiger charge is -1.94. The molecule has 2 aromatic rings. The summed E-state index contributed by atoms with van der Waals surface area (Å²) in [5.74, 6) is -0.179. The number of hydrogen-bond acceptors (Lipinski definition) is 1. The molecule has 0 aromatic heterocycles. The van der Waals surface area contributed by atoms with Gasteiger partial charge in [-0.15, -0.1) is 0 Å². The number of aromatic hydroxyl groups is 1. The molecule has 16 heavy (non-hydrogen) atoms. The van der Waals surface area contributed by atoms with Gasteiger partial charge in [-0.2, -0.15) is 0 Å². The minimum Gasteiger partial charge on any atom is -0.508 e. The SMILES string of the molecule is Cc1cc(F)ccc1O.Cc1ccccc1. The second-order valence-corrected chi connectivity index (χ2v) is 3.59. The predicted octanol–water partition coefficient (Wildman–Crippen LogP) is 3.83. The van der Waals surface area contributed by atoms with Crippen molar-refractivity contribution in [3.05, 3.63) is 65.5 Å². The first-order chi connectivity index (χ1) is 7.59. The molecule has 0 atom stereocenters. The van der Waals surface area contributed by atoms with Gasteiger partial charge in [0, 0.05) is 0 Å². The summed E-state index contributed by atoms with van der Waals surface area (Å²) in [7, 11) is 0. The number of benzene rings is 2. The third kappa shape index (κ3) is 4.13. The molecule has 0 saturated heterocycles. The zero-order valence-corrected chi connectivity index (χ0v) is 9.44. The van der Waals surface area contributed by atoms with Gasteiger partial charge in [0.25, 0.3) is 0 Å². The first kappa shape index (κ1) is 12.2. The van der Waals surface area contributed by atoms with E-state index in [2.05, 4.69) is 19.1 Å². The van der Waals surface area contributed by atoms with Gasteiger partial charge in [0.1, 0.15) is 11.6 Å². The van der Waals surface area contributed by atoms with E-state index in [9.17, 15) is 4.39 Å². The van der Waals surface area contributed by atoms with Crippen LogP contribution in [0.25, 0.3) is 0 Å². The van der Waals surface area contributed by atoms with E-state index in [4.69, 9.17) is 5.11 Å². The third-order valence-electron chi connectivity index (χ3n) is 2.10. The van der Waals surface area contributed by atoms with Gasteiger partial charge in [0.05, 0.1) is 0 Å². The lowest BCUT2D eigenvalue weighted by molar-refractivity contribution is 0.468. The Labute approximate surface area is 95.2 Å². The van der Waals surface area contributed by atoms with Crippen LogP contribution in [0.4, 0.5) is 4.39 Å². The molecule has 0 spiro atoms. The highest BCUT2D eigenvalue weighted by atomic mass is 19.1. The fourth-order valence-electron chi connectivity index (χ4n) is 1.15. The first-order valence-corrected chi connectivity index (χ1v) is 5.06.